The van der Waals surface area contributed by atoms with Crippen LogP contribution in [0.2, 0.25) is 0 Å². The van der Waals surface area contributed by atoms with Crippen molar-refractivity contribution in [2.24, 2.45) is 5.73 Å². The summed E-state index contributed by atoms with van der Waals surface area (Å²) in [7, 11) is 0. The van der Waals surface area contributed by atoms with Crippen LogP contribution in [0.1, 0.15) is 30.6 Å². The largest absolute Gasteiger partial charge is 0.397 e. The minimum absolute atomic E-state index is 0.296. The summed E-state index contributed by atoms with van der Waals surface area (Å²) in [5.74, 6) is 0.651. The highest BCUT2D eigenvalue weighted by atomic mass is 32.2. The maximum atomic E-state index is 11.3. The Morgan fingerprint density at radius 1 is 1.37 bits per heavy atom. The minimum Gasteiger partial charge on any atom is -0.397 e. The molecule has 4 N–H and O–H groups in total. The first-order valence-electron chi connectivity index (χ1n) is 6.47. The fourth-order valence-electron chi connectivity index (χ4n) is 2.23. The normalized spacial score (nSPS) is 18.9. The zero-order valence-electron chi connectivity index (χ0n) is 11.5. The van der Waals surface area contributed by atoms with Crippen molar-refractivity contribution in [3.8, 4) is 0 Å². The predicted octanol–water partition coefficient (Wildman–Crippen LogP) is 2.09. The number of hydrogen-bond acceptors (Lipinski definition) is 4. The van der Waals surface area contributed by atoms with Crippen LogP contribution in [0.25, 0.3) is 0 Å². The molecule has 4 nitrogen and oxygen atoms in total. The Hall–Kier alpha value is -1.36. The number of nitrogens with two attached hydrogens (primary N) is 2. The summed E-state index contributed by atoms with van der Waals surface area (Å²) in [6.07, 6.45) is 1.10. The van der Waals surface area contributed by atoms with E-state index in [1.807, 2.05) is 11.8 Å². The van der Waals surface area contributed by atoms with Gasteiger partial charge in [0.05, 0.1) is 11.4 Å². The summed E-state index contributed by atoms with van der Waals surface area (Å²) in [5, 5.41) is 0. The molecule has 5 heteroatoms. The molecule has 1 aliphatic heterocycles. The summed E-state index contributed by atoms with van der Waals surface area (Å²) in [4.78, 5) is 13.5. The molecule has 1 aliphatic rings. The van der Waals surface area contributed by atoms with E-state index in [0.717, 1.165) is 31.0 Å². The first-order valence-corrected chi connectivity index (χ1v) is 7.46. The monoisotopic (exact) mass is 279 g/mol. The van der Waals surface area contributed by atoms with E-state index < -0.39 is 5.91 Å². The zero-order chi connectivity index (χ0) is 14.0. The van der Waals surface area contributed by atoms with Crippen LogP contribution in [0.5, 0.6) is 0 Å². The number of hydrogen-bond donors (Lipinski definition) is 2. The molecule has 104 valence electrons. The minimum atomic E-state index is -0.411. The van der Waals surface area contributed by atoms with Gasteiger partial charge in [-0.3, -0.25) is 4.79 Å². The van der Waals surface area contributed by atoms with E-state index in [1.54, 1.807) is 18.2 Å². The van der Waals surface area contributed by atoms with Crippen LogP contribution < -0.4 is 16.4 Å². The molecule has 1 aromatic rings. The van der Waals surface area contributed by atoms with Gasteiger partial charge in [0.2, 0.25) is 5.91 Å². The SMILES string of the molecule is CC1(C)CCN(c2cc(C(N)=O)ccc2N)CCS1. The van der Waals surface area contributed by atoms with Crippen LogP contribution in [-0.2, 0) is 0 Å². The number of carbonyl (C=O) groups is 1. The lowest BCUT2D eigenvalue weighted by Gasteiger charge is -2.25. The highest BCUT2D eigenvalue weighted by Gasteiger charge is 2.24. The maximum Gasteiger partial charge on any atom is 0.248 e. The summed E-state index contributed by atoms with van der Waals surface area (Å²) >= 11 is 1.98. The molecule has 0 radical (unpaired) electrons. The van der Waals surface area contributed by atoms with Crippen LogP contribution in [0.4, 0.5) is 11.4 Å². The van der Waals surface area contributed by atoms with Crippen molar-refractivity contribution in [3.05, 3.63) is 23.8 Å². The highest BCUT2D eigenvalue weighted by molar-refractivity contribution is 8.00. The Kier molecular flexibility index (Phi) is 3.94. The first kappa shape index (κ1) is 14.1. The smallest absolute Gasteiger partial charge is 0.248 e. The molecule has 1 aromatic carbocycles. The van der Waals surface area contributed by atoms with Crippen molar-refractivity contribution >= 4 is 29.0 Å². The number of carbonyl (C=O) groups excluding carboxylic acids is 1. The van der Waals surface area contributed by atoms with E-state index in [1.165, 1.54) is 0 Å². The van der Waals surface area contributed by atoms with Crippen LogP contribution >= 0.6 is 11.8 Å². The number of rotatable bonds is 2. The topological polar surface area (TPSA) is 72.3 Å². The van der Waals surface area contributed by atoms with Crippen molar-refractivity contribution in [3.63, 3.8) is 0 Å². The van der Waals surface area contributed by atoms with E-state index in [-0.39, 0.29) is 0 Å². The predicted molar refractivity (Wildman–Crippen MR) is 82.7 cm³/mol. The average molecular weight is 279 g/mol. The van der Waals surface area contributed by atoms with Crippen LogP contribution in [-0.4, -0.2) is 29.5 Å². The van der Waals surface area contributed by atoms with Crippen molar-refractivity contribution in [1.82, 2.24) is 0 Å². The van der Waals surface area contributed by atoms with Crippen LogP contribution in [0.15, 0.2) is 18.2 Å². The summed E-state index contributed by atoms with van der Waals surface area (Å²) in [5.41, 5.74) is 13.5. The second-order valence-electron chi connectivity index (χ2n) is 5.48. The highest BCUT2D eigenvalue weighted by Crippen LogP contribution is 2.34. The number of benzene rings is 1. The lowest BCUT2D eigenvalue weighted by molar-refractivity contribution is 0.100. The maximum absolute atomic E-state index is 11.3. The molecule has 2 rings (SSSR count). The third-order valence-electron chi connectivity index (χ3n) is 3.49. The van der Waals surface area contributed by atoms with Crippen molar-refractivity contribution < 1.29 is 4.79 Å². The molecule has 1 saturated heterocycles. The lowest BCUT2D eigenvalue weighted by atomic mass is 10.1. The van der Waals surface area contributed by atoms with Crippen molar-refractivity contribution in [2.45, 2.75) is 25.0 Å². The first-order chi connectivity index (χ1) is 8.89. The quantitative estimate of drug-likeness (QED) is 0.813. The van der Waals surface area contributed by atoms with Crippen LogP contribution in [0.3, 0.4) is 0 Å². The fourth-order valence-corrected chi connectivity index (χ4v) is 3.33. The van der Waals surface area contributed by atoms with Gasteiger partial charge >= 0.3 is 0 Å². The van der Waals surface area contributed by atoms with Gasteiger partial charge in [-0.2, -0.15) is 11.8 Å². The molecule has 0 saturated carbocycles. The number of thioether (sulfide) groups is 1. The van der Waals surface area contributed by atoms with Crippen molar-refractivity contribution in [2.75, 3.05) is 29.5 Å². The molecular formula is C14H21N3OS. The Bertz CT molecular complexity index is 488. The van der Waals surface area contributed by atoms with Crippen LogP contribution in [0, 0.1) is 0 Å². The molecule has 0 aromatic heterocycles. The van der Waals surface area contributed by atoms with E-state index >= 15 is 0 Å². The Morgan fingerprint density at radius 3 is 2.79 bits per heavy atom. The Labute approximate surface area is 118 Å². The van der Waals surface area contributed by atoms with Crippen molar-refractivity contribution in [1.29, 1.82) is 0 Å². The Morgan fingerprint density at radius 2 is 2.11 bits per heavy atom. The van der Waals surface area contributed by atoms with E-state index in [4.69, 9.17) is 11.5 Å². The second-order valence-corrected chi connectivity index (χ2v) is 7.29. The summed E-state index contributed by atoms with van der Waals surface area (Å²) < 4.78 is 0.296. The number of primary amides is 1. The molecule has 0 spiro atoms. The standard InChI is InChI=1S/C14H21N3OS/c1-14(2)5-6-17(7-8-19-14)12-9-10(13(16)18)3-4-11(12)15/h3-4,9H,5-8,15H2,1-2H3,(H2,16,18). The van der Waals surface area contributed by atoms with Gasteiger partial charge in [-0.25, -0.2) is 0 Å². The lowest BCUT2D eigenvalue weighted by Crippen LogP contribution is -2.28. The second kappa shape index (κ2) is 5.33. The van der Waals surface area contributed by atoms with Gasteiger partial charge in [-0.1, -0.05) is 13.8 Å². The molecule has 1 amide bonds. The number of anilines is 2. The molecule has 0 unspecified atom stereocenters. The van der Waals surface area contributed by atoms with Gasteiger partial charge in [-0.15, -0.1) is 0 Å². The molecular weight excluding hydrogens is 258 g/mol. The molecule has 1 fully saturated rings. The van der Waals surface area contributed by atoms with E-state index in [2.05, 4.69) is 18.7 Å². The average Bonchev–Trinajstić information content (AvgIpc) is 2.51. The molecule has 0 bridgehead atoms. The van der Waals surface area contributed by atoms with Gasteiger partial charge in [0.15, 0.2) is 0 Å². The number of amides is 1. The number of nitrogens with zero attached hydrogens (tertiary/aromatic N) is 1. The third kappa shape index (κ3) is 3.35. The Balaban J connectivity index is 2.25. The molecule has 0 aliphatic carbocycles. The number of nitrogen functional groups attached to an aromatic ring is 1. The molecule has 0 atom stereocenters. The van der Waals surface area contributed by atoms with Gasteiger partial charge in [0.25, 0.3) is 0 Å². The molecule has 1 heterocycles. The zero-order valence-corrected chi connectivity index (χ0v) is 12.3. The van der Waals surface area contributed by atoms with E-state index in [0.29, 0.717) is 16.0 Å². The van der Waals surface area contributed by atoms with Gasteiger partial charge in [0.1, 0.15) is 0 Å². The van der Waals surface area contributed by atoms with Gasteiger partial charge in [0, 0.05) is 29.2 Å². The third-order valence-corrected chi connectivity index (χ3v) is 4.87. The molecule has 19 heavy (non-hydrogen) atoms. The van der Waals surface area contributed by atoms with E-state index in [9.17, 15) is 4.79 Å². The fraction of sp³-hybridized carbons (Fsp3) is 0.500. The summed E-state index contributed by atoms with van der Waals surface area (Å²) in [6, 6.07) is 5.25. The summed E-state index contributed by atoms with van der Waals surface area (Å²) in [6.45, 7) is 6.43. The van der Waals surface area contributed by atoms with Gasteiger partial charge < -0.3 is 16.4 Å². The van der Waals surface area contributed by atoms with Gasteiger partial charge in [-0.05, 0) is 24.6 Å².